The van der Waals surface area contributed by atoms with E-state index in [1.54, 1.807) is 18.2 Å². The first-order valence-corrected chi connectivity index (χ1v) is 10.6. The summed E-state index contributed by atoms with van der Waals surface area (Å²) in [5.41, 5.74) is 1.51. The Balaban J connectivity index is 1.20. The number of nitrogens with zero attached hydrogens (tertiary/aromatic N) is 1. The molecule has 0 aromatic heterocycles. The molecule has 2 aliphatic rings. The molecule has 0 bridgehead atoms. The Kier molecular flexibility index (Phi) is 4.88. The van der Waals surface area contributed by atoms with Gasteiger partial charge in [-0.3, -0.25) is 4.79 Å². The van der Waals surface area contributed by atoms with Gasteiger partial charge in [-0.2, -0.15) is 0 Å². The number of amides is 1. The van der Waals surface area contributed by atoms with E-state index in [2.05, 4.69) is 11.4 Å². The van der Waals surface area contributed by atoms with E-state index in [1.807, 2.05) is 18.2 Å². The van der Waals surface area contributed by atoms with Crippen molar-refractivity contribution in [3.63, 3.8) is 0 Å². The number of hydrogen-bond donors (Lipinski definition) is 1. The van der Waals surface area contributed by atoms with E-state index < -0.39 is 15.9 Å². The lowest BCUT2D eigenvalue weighted by molar-refractivity contribution is 0.0869. The molecule has 6 nitrogen and oxygen atoms in total. The smallest absolute Gasteiger partial charge is 0.269 e. The average Bonchev–Trinajstić information content (AvgIpc) is 3.16. The summed E-state index contributed by atoms with van der Waals surface area (Å²) in [6.45, 7) is 1.72. The van der Waals surface area contributed by atoms with E-state index in [0.29, 0.717) is 6.42 Å². The van der Waals surface area contributed by atoms with Gasteiger partial charge in [-0.15, -0.1) is 0 Å². The molecule has 0 fully saturated rings. The molecule has 1 atom stereocenters. The van der Waals surface area contributed by atoms with E-state index in [4.69, 9.17) is 4.74 Å². The fourth-order valence-electron chi connectivity index (χ4n) is 3.59. The van der Waals surface area contributed by atoms with Crippen molar-refractivity contribution in [3.8, 4) is 5.75 Å². The van der Waals surface area contributed by atoms with E-state index in [1.165, 1.54) is 11.6 Å². The van der Waals surface area contributed by atoms with E-state index in [-0.39, 0.29) is 23.1 Å². The molecule has 2 heterocycles. The molecule has 27 heavy (non-hydrogen) atoms. The van der Waals surface area contributed by atoms with Crippen LogP contribution in [0.25, 0.3) is 0 Å². The Morgan fingerprint density at radius 2 is 1.85 bits per heavy atom. The number of rotatable bonds is 7. The molecule has 2 aliphatic heterocycles. The molecule has 1 amide bonds. The number of sulfonamides is 1. The third-order valence-electron chi connectivity index (χ3n) is 4.96. The third kappa shape index (κ3) is 3.44. The van der Waals surface area contributed by atoms with E-state index >= 15 is 0 Å². The molecule has 0 saturated heterocycles. The summed E-state index contributed by atoms with van der Waals surface area (Å²) in [5.74, 6) is 0.539. The van der Waals surface area contributed by atoms with Crippen LogP contribution in [0.2, 0.25) is 0 Å². The number of carbonyl (C=O) groups excluding carboxylic acids is 1. The lowest BCUT2D eigenvalue weighted by Crippen LogP contribution is -2.33. The second-order valence-corrected chi connectivity index (χ2v) is 8.67. The number of fused-ring (bicyclic) bond motifs is 2. The molecular formula is C20H22N2O4S. The fraction of sp³-hybridized carbons (Fsp3) is 0.350. The molecule has 0 aliphatic carbocycles. The maximum atomic E-state index is 12.5. The summed E-state index contributed by atoms with van der Waals surface area (Å²) in [6.07, 6.45) is 2.45. The van der Waals surface area contributed by atoms with Gasteiger partial charge in [0, 0.05) is 19.5 Å². The van der Waals surface area contributed by atoms with Crippen molar-refractivity contribution in [2.24, 2.45) is 0 Å². The van der Waals surface area contributed by atoms with Crippen LogP contribution in [0.5, 0.6) is 5.75 Å². The van der Waals surface area contributed by atoms with Crippen LogP contribution in [-0.2, 0) is 16.4 Å². The monoisotopic (exact) mass is 386 g/mol. The maximum absolute atomic E-state index is 12.5. The Bertz CT molecular complexity index is 933. The topological polar surface area (TPSA) is 75.7 Å². The molecule has 0 saturated carbocycles. The predicted octanol–water partition coefficient (Wildman–Crippen LogP) is 2.20. The van der Waals surface area contributed by atoms with Gasteiger partial charge in [-0.05, 0) is 43.1 Å². The SMILES string of the molecule is O=C1c2ccccc2S(=O)(=O)N1CCCCNCC1Cc2ccccc2O1. The highest BCUT2D eigenvalue weighted by molar-refractivity contribution is 7.90. The zero-order valence-corrected chi connectivity index (χ0v) is 15.7. The first-order chi connectivity index (χ1) is 13.1. The van der Waals surface area contributed by atoms with Gasteiger partial charge in [0.2, 0.25) is 0 Å². The van der Waals surface area contributed by atoms with Crippen molar-refractivity contribution in [1.29, 1.82) is 0 Å². The Morgan fingerprint density at radius 1 is 1.07 bits per heavy atom. The lowest BCUT2D eigenvalue weighted by Gasteiger charge is -2.15. The molecule has 7 heteroatoms. The molecule has 2 aromatic carbocycles. The van der Waals surface area contributed by atoms with Gasteiger partial charge in [-0.1, -0.05) is 30.3 Å². The highest BCUT2D eigenvalue weighted by Crippen LogP contribution is 2.30. The zero-order valence-electron chi connectivity index (χ0n) is 14.9. The van der Waals surface area contributed by atoms with Crippen LogP contribution in [0.15, 0.2) is 53.4 Å². The summed E-state index contributed by atoms with van der Waals surface area (Å²) < 4.78 is 31.8. The van der Waals surface area contributed by atoms with Crippen molar-refractivity contribution in [1.82, 2.24) is 9.62 Å². The Labute approximate surface area is 159 Å². The average molecular weight is 386 g/mol. The van der Waals surface area contributed by atoms with Crippen LogP contribution < -0.4 is 10.1 Å². The van der Waals surface area contributed by atoms with Gasteiger partial charge in [0.1, 0.15) is 16.7 Å². The van der Waals surface area contributed by atoms with Crippen LogP contribution in [0, 0.1) is 0 Å². The number of para-hydroxylation sites is 1. The number of carbonyl (C=O) groups is 1. The predicted molar refractivity (Wildman–Crippen MR) is 101 cm³/mol. The molecular weight excluding hydrogens is 364 g/mol. The maximum Gasteiger partial charge on any atom is 0.269 e. The number of nitrogens with one attached hydrogen (secondary N) is 1. The van der Waals surface area contributed by atoms with Crippen molar-refractivity contribution in [3.05, 3.63) is 59.7 Å². The molecule has 0 spiro atoms. The zero-order chi connectivity index (χ0) is 18.9. The van der Waals surface area contributed by atoms with E-state index in [9.17, 15) is 13.2 Å². The van der Waals surface area contributed by atoms with Gasteiger partial charge in [0.05, 0.1) is 5.56 Å². The van der Waals surface area contributed by atoms with Crippen molar-refractivity contribution >= 4 is 15.9 Å². The number of unbranched alkanes of at least 4 members (excludes halogenated alkanes) is 1. The fourth-order valence-corrected chi connectivity index (χ4v) is 5.20. The normalized spacial score (nSPS) is 19.6. The van der Waals surface area contributed by atoms with Gasteiger partial charge < -0.3 is 10.1 Å². The summed E-state index contributed by atoms with van der Waals surface area (Å²) in [5, 5.41) is 3.36. The molecule has 142 valence electrons. The van der Waals surface area contributed by atoms with Gasteiger partial charge in [-0.25, -0.2) is 12.7 Å². The van der Waals surface area contributed by atoms with Crippen molar-refractivity contribution in [2.45, 2.75) is 30.3 Å². The molecule has 1 unspecified atom stereocenters. The molecule has 4 rings (SSSR count). The van der Waals surface area contributed by atoms with Gasteiger partial charge in [0.15, 0.2) is 0 Å². The largest absolute Gasteiger partial charge is 0.488 e. The minimum absolute atomic E-state index is 0.117. The number of hydrogen-bond acceptors (Lipinski definition) is 5. The Hall–Kier alpha value is -2.38. The first-order valence-electron chi connectivity index (χ1n) is 9.19. The minimum Gasteiger partial charge on any atom is -0.488 e. The molecule has 0 radical (unpaired) electrons. The highest BCUT2D eigenvalue weighted by Gasteiger charge is 2.40. The summed E-state index contributed by atoms with van der Waals surface area (Å²) in [6, 6.07) is 14.4. The second kappa shape index (κ2) is 7.32. The quantitative estimate of drug-likeness (QED) is 0.739. The van der Waals surface area contributed by atoms with Gasteiger partial charge >= 0.3 is 0 Å². The summed E-state index contributed by atoms with van der Waals surface area (Å²) in [7, 11) is -3.69. The molecule has 1 N–H and O–H groups in total. The summed E-state index contributed by atoms with van der Waals surface area (Å²) >= 11 is 0. The van der Waals surface area contributed by atoms with Crippen LogP contribution in [0.4, 0.5) is 0 Å². The first kappa shape index (κ1) is 18.0. The third-order valence-corrected chi connectivity index (χ3v) is 6.80. The lowest BCUT2D eigenvalue weighted by atomic mass is 10.1. The number of benzene rings is 2. The van der Waals surface area contributed by atoms with Crippen LogP contribution in [0.1, 0.15) is 28.8 Å². The Morgan fingerprint density at radius 3 is 2.67 bits per heavy atom. The van der Waals surface area contributed by atoms with E-state index in [0.717, 1.165) is 36.0 Å². The van der Waals surface area contributed by atoms with Crippen LogP contribution in [0.3, 0.4) is 0 Å². The van der Waals surface area contributed by atoms with Crippen LogP contribution >= 0.6 is 0 Å². The van der Waals surface area contributed by atoms with Crippen LogP contribution in [-0.4, -0.2) is 44.4 Å². The van der Waals surface area contributed by atoms with Gasteiger partial charge in [0.25, 0.3) is 15.9 Å². The van der Waals surface area contributed by atoms with Crippen molar-refractivity contribution < 1.29 is 17.9 Å². The summed E-state index contributed by atoms with van der Waals surface area (Å²) in [4.78, 5) is 12.4. The van der Waals surface area contributed by atoms with Crippen molar-refractivity contribution in [2.75, 3.05) is 19.6 Å². The highest BCUT2D eigenvalue weighted by atomic mass is 32.2. The second-order valence-electron chi connectivity index (χ2n) is 6.84. The number of ether oxygens (including phenoxy) is 1. The molecule has 2 aromatic rings. The minimum atomic E-state index is -3.69. The standard InChI is InChI=1S/C20H22N2O4S/c23-20-17-8-2-4-10-19(17)27(24,25)22(20)12-6-5-11-21-14-16-13-15-7-1-3-9-18(15)26-16/h1-4,7-10,16,21H,5-6,11-14H2.